The van der Waals surface area contributed by atoms with Crippen molar-refractivity contribution < 1.29 is 0 Å². The van der Waals surface area contributed by atoms with E-state index in [2.05, 4.69) is 24.8 Å². The summed E-state index contributed by atoms with van der Waals surface area (Å²) in [7, 11) is 0. The minimum atomic E-state index is 0.831. The van der Waals surface area contributed by atoms with Gasteiger partial charge in [-0.25, -0.2) is 9.97 Å². The normalized spacial score (nSPS) is 15.2. The molecule has 0 saturated carbocycles. The third-order valence-electron chi connectivity index (χ3n) is 3.18. The molecule has 0 N–H and O–H groups in total. The van der Waals surface area contributed by atoms with Crippen molar-refractivity contribution in [1.29, 1.82) is 0 Å². The fraction of sp³-hybridized carbons (Fsp3) is 0.385. The lowest BCUT2D eigenvalue weighted by Gasteiger charge is -2.27. The predicted molar refractivity (Wildman–Crippen MR) is 73.7 cm³/mol. The van der Waals surface area contributed by atoms with Crippen LogP contribution in [0.1, 0.15) is 17.0 Å². The molecule has 0 aliphatic carbocycles. The Bertz CT molecular complexity index is 560. The summed E-state index contributed by atoms with van der Waals surface area (Å²) in [4.78, 5) is 19.7. The van der Waals surface area contributed by atoms with Crippen LogP contribution < -0.4 is 0 Å². The standard InChI is InChI=1S/C13H15N5S/c1-19-13-16-6-10-8-18(5-2-12(10)17-13)9-11-7-14-3-4-15-11/h3-4,6-7H,2,5,8-9H2,1H3. The minimum absolute atomic E-state index is 0.831. The molecule has 0 bridgehead atoms. The van der Waals surface area contributed by atoms with Gasteiger partial charge in [0, 0.05) is 56.4 Å². The van der Waals surface area contributed by atoms with Gasteiger partial charge in [-0.15, -0.1) is 0 Å². The Labute approximate surface area is 116 Å². The van der Waals surface area contributed by atoms with Crippen molar-refractivity contribution in [2.24, 2.45) is 0 Å². The number of fused-ring (bicyclic) bond motifs is 1. The summed E-state index contributed by atoms with van der Waals surface area (Å²) in [6.07, 6.45) is 10.2. The van der Waals surface area contributed by atoms with Crippen LogP contribution in [0, 0.1) is 0 Å². The minimum Gasteiger partial charge on any atom is -0.293 e. The van der Waals surface area contributed by atoms with Crippen molar-refractivity contribution in [3.8, 4) is 0 Å². The molecule has 2 aromatic heterocycles. The molecule has 0 atom stereocenters. The molecular weight excluding hydrogens is 258 g/mol. The first-order valence-electron chi connectivity index (χ1n) is 6.21. The van der Waals surface area contributed by atoms with Gasteiger partial charge in [0.15, 0.2) is 5.16 Å². The molecule has 0 amide bonds. The number of rotatable bonds is 3. The van der Waals surface area contributed by atoms with Crippen molar-refractivity contribution in [2.45, 2.75) is 24.7 Å². The van der Waals surface area contributed by atoms with E-state index in [0.717, 1.165) is 36.9 Å². The molecule has 0 unspecified atom stereocenters. The zero-order chi connectivity index (χ0) is 13.1. The zero-order valence-corrected chi connectivity index (χ0v) is 11.6. The van der Waals surface area contributed by atoms with Gasteiger partial charge in [-0.1, -0.05) is 11.8 Å². The van der Waals surface area contributed by atoms with Crippen LogP contribution in [0.3, 0.4) is 0 Å². The maximum atomic E-state index is 4.57. The maximum absolute atomic E-state index is 4.57. The molecule has 2 aromatic rings. The molecule has 0 radical (unpaired) electrons. The monoisotopic (exact) mass is 273 g/mol. The molecule has 0 aromatic carbocycles. The van der Waals surface area contributed by atoms with Gasteiger partial charge in [-0.2, -0.15) is 0 Å². The van der Waals surface area contributed by atoms with Crippen molar-refractivity contribution in [3.05, 3.63) is 41.7 Å². The first-order chi connectivity index (χ1) is 9.35. The molecule has 6 heteroatoms. The van der Waals surface area contributed by atoms with Crippen LogP contribution in [0.2, 0.25) is 0 Å². The summed E-state index contributed by atoms with van der Waals surface area (Å²) >= 11 is 1.59. The fourth-order valence-electron chi connectivity index (χ4n) is 2.23. The van der Waals surface area contributed by atoms with Crippen LogP contribution in [-0.2, 0) is 19.5 Å². The second-order valence-electron chi connectivity index (χ2n) is 4.49. The van der Waals surface area contributed by atoms with Crippen LogP contribution in [0.25, 0.3) is 0 Å². The molecular formula is C13H15N5S. The second kappa shape index (κ2) is 5.63. The summed E-state index contributed by atoms with van der Waals surface area (Å²) in [5.74, 6) is 0. The lowest BCUT2D eigenvalue weighted by Crippen LogP contribution is -2.31. The van der Waals surface area contributed by atoms with E-state index in [1.54, 1.807) is 24.2 Å². The lowest BCUT2D eigenvalue weighted by molar-refractivity contribution is 0.239. The zero-order valence-electron chi connectivity index (χ0n) is 10.8. The lowest BCUT2D eigenvalue weighted by atomic mass is 10.1. The Morgan fingerprint density at radius 2 is 2.21 bits per heavy atom. The Morgan fingerprint density at radius 1 is 1.26 bits per heavy atom. The maximum Gasteiger partial charge on any atom is 0.187 e. The van der Waals surface area contributed by atoms with Crippen molar-refractivity contribution >= 4 is 11.8 Å². The smallest absolute Gasteiger partial charge is 0.187 e. The predicted octanol–water partition coefficient (Wildman–Crippen LogP) is 1.55. The van der Waals surface area contributed by atoms with Gasteiger partial charge < -0.3 is 0 Å². The van der Waals surface area contributed by atoms with E-state index in [9.17, 15) is 0 Å². The topological polar surface area (TPSA) is 54.8 Å². The molecule has 0 saturated heterocycles. The van der Waals surface area contributed by atoms with Gasteiger partial charge in [0.05, 0.1) is 11.4 Å². The van der Waals surface area contributed by atoms with Crippen molar-refractivity contribution in [1.82, 2.24) is 24.8 Å². The molecule has 0 spiro atoms. The Hall–Kier alpha value is -1.53. The molecule has 3 heterocycles. The third kappa shape index (κ3) is 2.90. The highest BCUT2D eigenvalue weighted by Crippen LogP contribution is 2.20. The first-order valence-corrected chi connectivity index (χ1v) is 7.43. The highest BCUT2D eigenvalue weighted by molar-refractivity contribution is 7.98. The fourth-order valence-corrected chi connectivity index (χ4v) is 2.59. The van der Waals surface area contributed by atoms with Crippen LogP contribution in [0.15, 0.2) is 29.9 Å². The van der Waals surface area contributed by atoms with Crippen LogP contribution >= 0.6 is 11.8 Å². The van der Waals surface area contributed by atoms with Gasteiger partial charge in [0.1, 0.15) is 0 Å². The van der Waals surface area contributed by atoms with E-state index in [0.29, 0.717) is 0 Å². The average Bonchev–Trinajstić information content (AvgIpc) is 2.48. The van der Waals surface area contributed by atoms with Crippen LogP contribution in [-0.4, -0.2) is 37.6 Å². The number of hydrogen-bond acceptors (Lipinski definition) is 6. The van der Waals surface area contributed by atoms with Crippen molar-refractivity contribution in [2.75, 3.05) is 12.8 Å². The summed E-state index contributed by atoms with van der Waals surface area (Å²) in [6, 6.07) is 0. The first kappa shape index (κ1) is 12.5. The van der Waals surface area contributed by atoms with Crippen molar-refractivity contribution in [3.63, 3.8) is 0 Å². The van der Waals surface area contributed by atoms with E-state index in [4.69, 9.17) is 0 Å². The van der Waals surface area contributed by atoms with E-state index in [1.165, 1.54) is 11.3 Å². The van der Waals surface area contributed by atoms with Crippen LogP contribution in [0.4, 0.5) is 0 Å². The molecule has 0 fully saturated rings. The number of aromatic nitrogens is 4. The molecule has 3 rings (SSSR count). The summed E-state index contributed by atoms with van der Waals surface area (Å²) in [5.41, 5.74) is 3.43. The molecule has 5 nitrogen and oxygen atoms in total. The second-order valence-corrected chi connectivity index (χ2v) is 5.26. The molecule has 19 heavy (non-hydrogen) atoms. The highest BCUT2D eigenvalue weighted by atomic mass is 32.2. The van der Waals surface area contributed by atoms with Crippen LogP contribution in [0.5, 0.6) is 0 Å². The number of hydrogen-bond donors (Lipinski definition) is 0. The summed E-state index contributed by atoms with van der Waals surface area (Å²) in [5, 5.41) is 0.862. The Kier molecular flexibility index (Phi) is 3.70. The van der Waals surface area contributed by atoms with Gasteiger partial charge >= 0.3 is 0 Å². The van der Waals surface area contributed by atoms with Gasteiger partial charge in [0.2, 0.25) is 0 Å². The third-order valence-corrected chi connectivity index (χ3v) is 3.74. The van der Waals surface area contributed by atoms with E-state index in [-0.39, 0.29) is 0 Å². The van der Waals surface area contributed by atoms with Gasteiger partial charge in [-0.3, -0.25) is 14.9 Å². The molecule has 98 valence electrons. The van der Waals surface area contributed by atoms with E-state index < -0.39 is 0 Å². The molecule has 1 aliphatic heterocycles. The SMILES string of the molecule is CSc1ncc2c(n1)CCN(Cc1cnccn1)C2. The van der Waals surface area contributed by atoms with Gasteiger partial charge in [-0.05, 0) is 6.26 Å². The quantitative estimate of drug-likeness (QED) is 0.624. The van der Waals surface area contributed by atoms with E-state index >= 15 is 0 Å². The van der Waals surface area contributed by atoms with E-state index in [1.807, 2.05) is 18.6 Å². The molecule has 1 aliphatic rings. The Balaban J connectivity index is 1.72. The highest BCUT2D eigenvalue weighted by Gasteiger charge is 2.18. The largest absolute Gasteiger partial charge is 0.293 e. The average molecular weight is 273 g/mol. The number of nitrogens with zero attached hydrogens (tertiary/aromatic N) is 5. The summed E-state index contributed by atoms with van der Waals surface area (Å²) in [6.45, 7) is 2.73. The summed E-state index contributed by atoms with van der Waals surface area (Å²) < 4.78 is 0. The van der Waals surface area contributed by atoms with Gasteiger partial charge in [0.25, 0.3) is 0 Å². The number of thioether (sulfide) groups is 1. The Morgan fingerprint density at radius 3 is 3.00 bits per heavy atom.